The Morgan fingerprint density at radius 1 is 1.25 bits per heavy atom. The number of rotatable bonds is 4. The first kappa shape index (κ1) is 16.1. The van der Waals surface area contributed by atoms with E-state index in [1.165, 1.54) is 6.26 Å². The number of nitrogens with zero attached hydrogens (tertiary/aromatic N) is 1. The highest BCUT2D eigenvalue weighted by atomic mass is 16.5. The first-order valence-electron chi connectivity index (χ1n) is 8.90. The molecule has 6 heteroatoms. The Kier molecular flexibility index (Phi) is 4.61. The maximum absolute atomic E-state index is 12.3. The van der Waals surface area contributed by atoms with Gasteiger partial charge in [0.15, 0.2) is 5.76 Å². The second-order valence-corrected chi connectivity index (χ2v) is 7.17. The number of hydrogen-bond acceptors (Lipinski definition) is 5. The molecule has 1 amide bonds. The molecule has 0 aromatic carbocycles. The van der Waals surface area contributed by atoms with Crippen LogP contribution in [0.2, 0.25) is 0 Å². The molecule has 3 aliphatic rings. The molecule has 1 aromatic rings. The Morgan fingerprint density at radius 2 is 2.08 bits per heavy atom. The molecule has 4 heterocycles. The average molecular weight is 335 g/mol. The lowest BCUT2D eigenvalue weighted by Gasteiger charge is -2.52. The molecule has 24 heavy (non-hydrogen) atoms. The van der Waals surface area contributed by atoms with E-state index in [1.54, 1.807) is 17.0 Å². The number of hydrogen-bond donors (Lipinski definition) is 0. The van der Waals surface area contributed by atoms with Crippen molar-refractivity contribution in [3.05, 3.63) is 24.2 Å². The molecular formula is C18H25NO5. The molecule has 0 bridgehead atoms. The third kappa shape index (κ3) is 3.36. The van der Waals surface area contributed by atoms with Gasteiger partial charge in [0.1, 0.15) is 5.60 Å². The lowest BCUT2D eigenvalue weighted by Crippen LogP contribution is -2.67. The van der Waals surface area contributed by atoms with Crippen LogP contribution in [-0.2, 0) is 14.2 Å². The molecule has 3 fully saturated rings. The monoisotopic (exact) mass is 335 g/mol. The van der Waals surface area contributed by atoms with Gasteiger partial charge < -0.3 is 23.5 Å². The summed E-state index contributed by atoms with van der Waals surface area (Å²) in [6.07, 6.45) is 5.77. The Balaban J connectivity index is 1.26. The largest absolute Gasteiger partial charge is 0.459 e. The molecule has 0 radical (unpaired) electrons. The van der Waals surface area contributed by atoms with Crippen molar-refractivity contribution < 1.29 is 23.4 Å². The second kappa shape index (κ2) is 6.86. The van der Waals surface area contributed by atoms with Gasteiger partial charge in [-0.1, -0.05) is 0 Å². The highest BCUT2D eigenvalue weighted by Gasteiger charge is 2.50. The Hall–Kier alpha value is -1.37. The van der Waals surface area contributed by atoms with Crippen LogP contribution in [0.15, 0.2) is 22.8 Å². The van der Waals surface area contributed by atoms with E-state index < -0.39 is 0 Å². The quantitative estimate of drug-likeness (QED) is 0.843. The summed E-state index contributed by atoms with van der Waals surface area (Å²) in [5.74, 6) is 0.961. The summed E-state index contributed by atoms with van der Waals surface area (Å²) < 4.78 is 22.7. The van der Waals surface area contributed by atoms with Crippen molar-refractivity contribution in [3.8, 4) is 0 Å². The molecule has 0 N–H and O–H groups in total. The van der Waals surface area contributed by atoms with Gasteiger partial charge >= 0.3 is 0 Å². The van der Waals surface area contributed by atoms with E-state index in [4.69, 9.17) is 18.6 Å². The molecule has 6 nitrogen and oxygen atoms in total. The number of ether oxygens (including phenoxy) is 3. The summed E-state index contributed by atoms with van der Waals surface area (Å²) in [6.45, 7) is 4.50. The van der Waals surface area contributed by atoms with Crippen LogP contribution >= 0.6 is 0 Å². The lowest BCUT2D eigenvalue weighted by molar-refractivity contribution is -0.189. The molecule has 3 saturated heterocycles. The van der Waals surface area contributed by atoms with Crippen molar-refractivity contribution in [2.45, 2.75) is 37.4 Å². The zero-order valence-electron chi connectivity index (χ0n) is 13.9. The second-order valence-electron chi connectivity index (χ2n) is 7.17. The molecule has 3 aliphatic heterocycles. The zero-order chi connectivity index (χ0) is 16.4. The van der Waals surface area contributed by atoms with E-state index in [9.17, 15) is 4.79 Å². The zero-order valence-corrected chi connectivity index (χ0v) is 13.9. The SMILES string of the molecule is O=C(c1ccco1)N1CC2(CC(OCC3CCOCC3)CCO2)C1. The van der Waals surface area contributed by atoms with E-state index in [0.29, 0.717) is 31.4 Å². The van der Waals surface area contributed by atoms with Gasteiger partial charge in [0, 0.05) is 32.8 Å². The minimum Gasteiger partial charge on any atom is -0.459 e. The van der Waals surface area contributed by atoms with E-state index in [-0.39, 0.29) is 17.6 Å². The van der Waals surface area contributed by atoms with Gasteiger partial charge in [-0.25, -0.2) is 0 Å². The summed E-state index contributed by atoms with van der Waals surface area (Å²) in [5.41, 5.74) is -0.221. The van der Waals surface area contributed by atoms with E-state index in [2.05, 4.69) is 0 Å². The number of carbonyl (C=O) groups excluding carboxylic acids is 1. The van der Waals surface area contributed by atoms with E-state index in [1.807, 2.05) is 0 Å². The number of amides is 1. The van der Waals surface area contributed by atoms with Crippen molar-refractivity contribution in [3.63, 3.8) is 0 Å². The molecular weight excluding hydrogens is 310 g/mol. The maximum atomic E-state index is 12.3. The first-order valence-corrected chi connectivity index (χ1v) is 8.90. The van der Waals surface area contributed by atoms with Crippen LogP contribution in [0, 0.1) is 5.92 Å². The van der Waals surface area contributed by atoms with Crippen molar-refractivity contribution in [2.75, 3.05) is 39.5 Å². The summed E-state index contributed by atoms with van der Waals surface area (Å²) in [6, 6.07) is 3.44. The van der Waals surface area contributed by atoms with Gasteiger partial charge in [0.25, 0.3) is 5.91 Å². The minimum atomic E-state index is -0.221. The van der Waals surface area contributed by atoms with Gasteiger partial charge in [-0.15, -0.1) is 0 Å². The fraction of sp³-hybridized carbons (Fsp3) is 0.722. The Morgan fingerprint density at radius 3 is 2.83 bits per heavy atom. The number of furan rings is 1. The average Bonchev–Trinajstić information content (AvgIpc) is 3.13. The van der Waals surface area contributed by atoms with Gasteiger partial charge in [-0.05, 0) is 37.3 Å². The maximum Gasteiger partial charge on any atom is 0.289 e. The van der Waals surface area contributed by atoms with Gasteiger partial charge in [0.2, 0.25) is 0 Å². The predicted molar refractivity (Wildman–Crippen MR) is 85.8 cm³/mol. The summed E-state index contributed by atoms with van der Waals surface area (Å²) in [4.78, 5) is 14.1. The van der Waals surface area contributed by atoms with Crippen molar-refractivity contribution in [2.24, 2.45) is 5.92 Å². The highest BCUT2D eigenvalue weighted by molar-refractivity contribution is 5.92. The van der Waals surface area contributed by atoms with Crippen molar-refractivity contribution >= 4 is 5.91 Å². The molecule has 1 spiro atoms. The first-order chi connectivity index (χ1) is 11.7. The summed E-state index contributed by atoms with van der Waals surface area (Å²) in [5, 5.41) is 0. The van der Waals surface area contributed by atoms with Crippen LogP contribution in [0.25, 0.3) is 0 Å². The Labute approximate surface area is 142 Å². The van der Waals surface area contributed by atoms with E-state index in [0.717, 1.165) is 45.5 Å². The van der Waals surface area contributed by atoms with Crippen LogP contribution in [0.3, 0.4) is 0 Å². The smallest absolute Gasteiger partial charge is 0.289 e. The van der Waals surface area contributed by atoms with Crippen LogP contribution in [0.4, 0.5) is 0 Å². The van der Waals surface area contributed by atoms with Gasteiger partial charge in [-0.2, -0.15) is 0 Å². The molecule has 132 valence electrons. The van der Waals surface area contributed by atoms with Crippen LogP contribution < -0.4 is 0 Å². The molecule has 4 rings (SSSR count). The lowest BCUT2D eigenvalue weighted by atomic mass is 9.84. The summed E-state index contributed by atoms with van der Waals surface area (Å²) in [7, 11) is 0. The van der Waals surface area contributed by atoms with Crippen LogP contribution in [0.5, 0.6) is 0 Å². The molecule has 1 unspecified atom stereocenters. The fourth-order valence-electron chi connectivity index (χ4n) is 3.88. The third-order valence-corrected chi connectivity index (χ3v) is 5.33. The number of carbonyl (C=O) groups is 1. The highest BCUT2D eigenvalue weighted by Crippen LogP contribution is 2.36. The topological polar surface area (TPSA) is 61.1 Å². The van der Waals surface area contributed by atoms with Crippen LogP contribution in [-0.4, -0.2) is 62.0 Å². The molecule has 0 saturated carbocycles. The molecule has 1 atom stereocenters. The van der Waals surface area contributed by atoms with Crippen molar-refractivity contribution in [1.29, 1.82) is 0 Å². The summed E-state index contributed by atoms with van der Waals surface area (Å²) >= 11 is 0. The number of likely N-dealkylation sites (tertiary alicyclic amines) is 1. The van der Waals surface area contributed by atoms with Gasteiger partial charge in [0.05, 0.1) is 25.5 Å². The van der Waals surface area contributed by atoms with Gasteiger partial charge in [-0.3, -0.25) is 4.79 Å². The minimum absolute atomic E-state index is 0.0560. The third-order valence-electron chi connectivity index (χ3n) is 5.33. The van der Waals surface area contributed by atoms with Crippen LogP contribution in [0.1, 0.15) is 36.2 Å². The van der Waals surface area contributed by atoms with Crippen molar-refractivity contribution in [1.82, 2.24) is 4.90 Å². The fourth-order valence-corrected chi connectivity index (χ4v) is 3.88. The molecule has 0 aliphatic carbocycles. The van der Waals surface area contributed by atoms with E-state index >= 15 is 0 Å². The standard InChI is InChI=1S/C18H25NO5/c20-17(16-2-1-6-22-16)19-12-18(13-19)10-15(5-9-24-18)23-11-14-3-7-21-8-4-14/h1-2,6,14-15H,3-5,7-13H2. The Bertz CT molecular complexity index is 546. The molecule has 1 aromatic heterocycles. The normalized spacial score (nSPS) is 27.2. The predicted octanol–water partition coefficient (Wildman–Crippen LogP) is 2.10.